The lowest BCUT2D eigenvalue weighted by Gasteiger charge is -2.33. The third-order valence-electron chi connectivity index (χ3n) is 2.56. The third-order valence-corrected chi connectivity index (χ3v) is 4.14. The summed E-state index contributed by atoms with van der Waals surface area (Å²) in [6, 6.07) is 0. The number of aliphatic hydroxyl groups excluding tert-OH is 1. The van der Waals surface area contributed by atoms with Crippen LogP contribution in [-0.2, 0) is 19.1 Å². The zero-order valence-corrected chi connectivity index (χ0v) is 10.9. The van der Waals surface area contributed by atoms with E-state index < -0.39 is 22.8 Å². The Balaban J connectivity index is 2.84. The number of esters is 2. The van der Waals surface area contributed by atoms with Crippen LogP contribution in [0.4, 0.5) is 0 Å². The summed E-state index contributed by atoms with van der Waals surface area (Å²) in [7, 11) is 0. The van der Waals surface area contributed by atoms with Crippen LogP contribution in [0.1, 0.15) is 26.7 Å². The first kappa shape index (κ1) is 14.3. The highest BCUT2D eigenvalue weighted by molar-refractivity contribution is 8.02. The molecule has 1 aliphatic heterocycles. The van der Waals surface area contributed by atoms with Gasteiger partial charge in [0.2, 0.25) is 4.75 Å². The smallest absolute Gasteiger partial charge is 0.333 e. The SMILES string of the molecule is CCOC(=O)C1(C(=O)OCC)CC[C@H](O)CS1. The second-order valence-electron chi connectivity index (χ2n) is 3.77. The molecule has 5 nitrogen and oxygen atoms in total. The maximum atomic E-state index is 11.9. The van der Waals surface area contributed by atoms with Crippen LogP contribution in [0, 0.1) is 0 Å². The second kappa shape index (κ2) is 6.26. The van der Waals surface area contributed by atoms with Crippen LogP contribution in [-0.4, -0.2) is 46.9 Å². The molecule has 0 spiro atoms. The number of hydrogen-bond donors (Lipinski definition) is 1. The van der Waals surface area contributed by atoms with E-state index in [-0.39, 0.29) is 19.6 Å². The molecule has 1 fully saturated rings. The number of carbonyl (C=O) groups excluding carboxylic acids is 2. The Morgan fingerprint density at radius 2 is 1.82 bits per heavy atom. The summed E-state index contributed by atoms with van der Waals surface area (Å²) in [5.74, 6) is -0.775. The fourth-order valence-corrected chi connectivity index (χ4v) is 2.92. The summed E-state index contributed by atoms with van der Waals surface area (Å²) >= 11 is 1.12. The first-order chi connectivity index (χ1) is 8.06. The molecule has 0 amide bonds. The van der Waals surface area contributed by atoms with Crippen molar-refractivity contribution < 1.29 is 24.2 Å². The molecule has 1 N–H and O–H groups in total. The van der Waals surface area contributed by atoms with Crippen molar-refractivity contribution in [1.82, 2.24) is 0 Å². The van der Waals surface area contributed by atoms with Crippen LogP contribution in [0.15, 0.2) is 0 Å². The highest BCUT2D eigenvalue weighted by atomic mass is 32.2. The third kappa shape index (κ3) is 3.13. The summed E-state index contributed by atoms with van der Waals surface area (Å²) in [4.78, 5) is 23.8. The predicted octanol–water partition coefficient (Wildman–Crippen LogP) is 0.739. The Morgan fingerprint density at radius 1 is 1.29 bits per heavy atom. The van der Waals surface area contributed by atoms with Crippen molar-refractivity contribution in [3.05, 3.63) is 0 Å². The normalized spacial score (nSPS) is 22.9. The minimum Gasteiger partial charge on any atom is -0.465 e. The van der Waals surface area contributed by atoms with Crippen LogP contribution < -0.4 is 0 Å². The van der Waals surface area contributed by atoms with Crippen LogP contribution in [0.2, 0.25) is 0 Å². The van der Waals surface area contributed by atoms with Gasteiger partial charge in [0.25, 0.3) is 0 Å². The van der Waals surface area contributed by atoms with E-state index >= 15 is 0 Å². The second-order valence-corrected chi connectivity index (χ2v) is 5.09. The van der Waals surface area contributed by atoms with Gasteiger partial charge in [-0.1, -0.05) is 0 Å². The van der Waals surface area contributed by atoms with Crippen LogP contribution >= 0.6 is 11.8 Å². The lowest BCUT2D eigenvalue weighted by molar-refractivity contribution is -0.159. The van der Waals surface area contributed by atoms with Crippen LogP contribution in [0.25, 0.3) is 0 Å². The number of aliphatic hydroxyl groups is 1. The van der Waals surface area contributed by atoms with E-state index in [0.29, 0.717) is 12.2 Å². The quantitative estimate of drug-likeness (QED) is 0.595. The molecule has 0 aromatic carbocycles. The van der Waals surface area contributed by atoms with E-state index in [0.717, 1.165) is 11.8 Å². The average Bonchev–Trinajstić information content (AvgIpc) is 2.31. The van der Waals surface area contributed by atoms with E-state index in [9.17, 15) is 14.7 Å². The minimum atomic E-state index is -1.29. The topological polar surface area (TPSA) is 72.8 Å². The molecule has 0 bridgehead atoms. The van der Waals surface area contributed by atoms with Gasteiger partial charge in [0, 0.05) is 5.75 Å². The van der Waals surface area contributed by atoms with Crippen molar-refractivity contribution in [1.29, 1.82) is 0 Å². The molecule has 1 heterocycles. The van der Waals surface area contributed by atoms with Gasteiger partial charge in [-0.05, 0) is 26.7 Å². The Hall–Kier alpha value is -0.750. The zero-order valence-electron chi connectivity index (χ0n) is 10.1. The van der Waals surface area contributed by atoms with Gasteiger partial charge in [-0.25, -0.2) is 9.59 Å². The fourth-order valence-electron chi connectivity index (χ4n) is 1.66. The monoisotopic (exact) mass is 262 g/mol. The van der Waals surface area contributed by atoms with Crippen molar-refractivity contribution in [3.8, 4) is 0 Å². The Labute approximate surface area is 105 Å². The van der Waals surface area contributed by atoms with Crippen molar-refractivity contribution in [3.63, 3.8) is 0 Å². The maximum Gasteiger partial charge on any atom is 0.333 e. The molecule has 0 aliphatic carbocycles. The Bertz CT molecular complexity index is 264. The van der Waals surface area contributed by atoms with Gasteiger partial charge in [0.1, 0.15) is 0 Å². The van der Waals surface area contributed by atoms with Gasteiger partial charge < -0.3 is 14.6 Å². The summed E-state index contributed by atoms with van der Waals surface area (Å²) < 4.78 is 8.60. The van der Waals surface area contributed by atoms with Gasteiger partial charge in [0.05, 0.1) is 19.3 Å². The van der Waals surface area contributed by atoms with Crippen molar-refractivity contribution >= 4 is 23.7 Å². The fraction of sp³-hybridized carbons (Fsp3) is 0.818. The molecular formula is C11H18O5S. The molecule has 0 radical (unpaired) electrons. The maximum absolute atomic E-state index is 11.9. The largest absolute Gasteiger partial charge is 0.465 e. The molecule has 98 valence electrons. The molecule has 6 heteroatoms. The number of thioether (sulfide) groups is 1. The molecular weight excluding hydrogens is 244 g/mol. The molecule has 0 saturated carbocycles. The molecule has 0 unspecified atom stereocenters. The summed E-state index contributed by atoms with van der Waals surface area (Å²) in [5, 5.41) is 9.44. The molecule has 1 aliphatic rings. The van der Waals surface area contributed by atoms with Gasteiger partial charge in [-0.15, -0.1) is 11.8 Å². The van der Waals surface area contributed by atoms with Crippen LogP contribution in [0.5, 0.6) is 0 Å². The van der Waals surface area contributed by atoms with E-state index in [2.05, 4.69) is 0 Å². The molecule has 1 rings (SSSR count). The standard InChI is InChI=1S/C11H18O5S/c1-3-15-9(13)11(10(14)16-4-2)6-5-8(12)7-17-11/h8,12H,3-7H2,1-2H3/t8-/m0/s1. The summed E-state index contributed by atoms with van der Waals surface area (Å²) in [6.45, 7) is 3.84. The van der Waals surface area contributed by atoms with Crippen molar-refractivity contribution in [2.24, 2.45) is 0 Å². The van der Waals surface area contributed by atoms with Gasteiger partial charge >= 0.3 is 11.9 Å². The molecule has 0 aromatic rings. The predicted molar refractivity (Wildman–Crippen MR) is 63.7 cm³/mol. The highest BCUT2D eigenvalue weighted by Gasteiger charge is 2.51. The van der Waals surface area contributed by atoms with E-state index in [1.807, 2.05) is 0 Å². The number of rotatable bonds is 4. The summed E-state index contributed by atoms with van der Waals surface area (Å²) in [5.41, 5.74) is 0. The van der Waals surface area contributed by atoms with Gasteiger partial charge in [-0.2, -0.15) is 0 Å². The van der Waals surface area contributed by atoms with E-state index in [1.165, 1.54) is 0 Å². The first-order valence-electron chi connectivity index (χ1n) is 5.73. The van der Waals surface area contributed by atoms with Gasteiger partial charge in [0.15, 0.2) is 0 Å². The molecule has 17 heavy (non-hydrogen) atoms. The number of ether oxygens (including phenoxy) is 2. The molecule has 1 atom stereocenters. The van der Waals surface area contributed by atoms with Gasteiger partial charge in [-0.3, -0.25) is 0 Å². The molecule has 0 aromatic heterocycles. The Morgan fingerprint density at radius 3 is 2.18 bits per heavy atom. The highest BCUT2D eigenvalue weighted by Crippen LogP contribution is 2.39. The number of hydrogen-bond acceptors (Lipinski definition) is 6. The number of carbonyl (C=O) groups is 2. The van der Waals surface area contributed by atoms with Crippen molar-refractivity contribution in [2.75, 3.05) is 19.0 Å². The summed E-state index contributed by atoms with van der Waals surface area (Å²) in [6.07, 6.45) is 0.193. The lowest BCUT2D eigenvalue weighted by Crippen LogP contribution is -2.49. The lowest BCUT2D eigenvalue weighted by atomic mass is 9.99. The average molecular weight is 262 g/mol. The Kier molecular flexibility index (Phi) is 5.27. The molecule has 1 saturated heterocycles. The van der Waals surface area contributed by atoms with Crippen LogP contribution in [0.3, 0.4) is 0 Å². The zero-order chi connectivity index (χ0) is 12.9. The first-order valence-corrected chi connectivity index (χ1v) is 6.71. The van der Waals surface area contributed by atoms with E-state index in [1.54, 1.807) is 13.8 Å². The minimum absolute atomic E-state index is 0.225. The van der Waals surface area contributed by atoms with E-state index in [4.69, 9.17) is 9.47 Å². The van der Waals surface area contributed by atoms with Crippen molar-refractivity contribution in [2.45, 2.75) is 37.5 Å².